The van der Waals surface area contributed by atoms with E-state index in [0.717, 1.165) is 31.4 Å². The van der Waals surface area contributed by atoms with Crippen LogP contribution in [0.25, 0.3) is 0 Å². The first-order valence-corrected chi connectivity index (χ1v) is 17.1. The fraction of sp³-hybridized carbons (Fsp3) is 0.870. The van der Waals surface area contributed by atoms with Gasteiger partial charge in [0.1, 0.15) is 6.10 Å². The SMILES string of the molecule is CC(C)(C)[Si](C)(C)OC1=C[C@H]([Si](C)(C)C(C)(C)C)[C@H]2CCCC[C@@H]1C(=O)C2O. The lowest BCUT2D eigenvalue weighted by Gasteiger charge is -2.46. The minimum Gasteiger partial charge on any atom is -0.546 e. The highest BCUT2D eigenvalue weighted by molar-refractivity contribution is 6.82. The standard InChI is InChI=1S/C23H44O3Si2/c1-22(2,3)27(7,8)19-15-18(26-28(9,10)23(4,5)6)16-13-11-12-14-17(19)21(25)20(16)24/h15-17,19,21,25H,11-14H2,1-10H3/t16-,17+,19-,21?/m0/s1. The van der Waals surface area contributed by atoms with E-state index >= 15 is 0 Å². The van der Waals surface area contributed by atoms with Crippen molar-refractivity contribution in [2.75, 3.05) is 0 Å². The topological polar surface area (TPSA) is 46.5 Å². The van der Waals surface area contributed by atoms with Crippen LogP contribution in [-0.4, -0.2) is 33.4 Å². The van der Waals surface area contributed by atoms with Crippen LogP contribution in [0.2, 0.25) is 41.8 Å². The van der Waals surface area contributed by atoms with Crippen molar-refractivity contribution in [3.63, 3.8) is 0 Å². The van der Waals surface area contributed by atoms with E-state index in [1.54, 1.807) is 0 Å². The Morgan fingerprint density at radius 2 is 1.50 bits per heavy atom. The maximum atomic E-state index is 13.3. The molecule has 3 nitrogen and oxygen atoms in total. The fourth-order valence-electron chi connectivity index (χ4n) is 4.32. The summed E-state index contributed by atoms with van der Waals surface area (Å²) in [6, 6.07) is 0. The molecule has 0 aliphatic heterocycles. The van der Waals surface area contributed by atoms with Crippen LogP contribution in [0.4, 0.5) is 0 Å². The molecule has 4 atom stereocenters. The summed E-state index contributed by atoms with van der Waals surface area (Å²) >= 11 is 0. The van der Waals surface area contributed by atoms with Gasteiger partial charge in [0.2, 0.25) is 8.32 Å². The molecule has 5 heteroatoms. The predicted octanol–water partition coefficient (Wildman–Crippen LogP) is 6.52. The van der Waals surface area contributed by atoms with Crippen LogP contribution in [0, 0.1) is 11.8 Å². The molecule has 28 heavy (non-hydrogen) atoms. The first-order chi connectivity index (χ1) is 12.5. The smallest absolute Gasteiger partial charge is 0.250 e. The Labute approximate surface area is 175 Å². The molecule has 1 N–H and O–H groups in total. The lowest BCUT2D eigenvalue weighted by molar-refractivity contribution is -0.134. The maximum absolute atomic E-state index is 13.3. The number of hydrogen-bond acceptors (Lipinski definition) is 3. The lowest BCUT2D eigenvalue weighted by Crippen LogP contribution is -2.48. The summed E-state index contributed by atoms with van der Waals surface area (Å²) < 4.78 is 6.81. The molecule has 2 bridgehead atoms. The number of allylic oxidation sites excluding steroid dienone is 2. The third-order valence-corrected chi connectivity index (χ3v) is 18.9. The second kappa shape index (κ2) is 7.70. The molecular weight excluding hydrogens is 380 g/mol. The number of carbonyl (C=O) groups excluding carboxylic acids is 1. The number of Topliss-reactive ketones (excluding diaryl/α,β-unsaturated/α-hetero) is 1. The van der Waals surface area contributed by atoms with Crippen molar-refractivity contribution in [1.29, 1.82) is 0 Å². The van der Waals surface area contributed by atoms with E-state index in [4.69, 9.17) is 4.43 Å². The van der Waals surface area contributed by atoms with E-state index in [2.05, 4.69) is 73.8 Å². The Morgan fingerprint density at radius 3 is 2.00 bits per heavy atom. The van der Waals surface area contributed by atoms with E-state index in [0.29, 0.717) is 0 Å². The van der Waals surface area contributed by atoms with E-state index in [9.17, 15) is 9.90 Å². The van der Waals surface area contributed by atoms with E-state index in [-0.39, 0.29) is 33.2 Å². The van der Waals surface area contributed by atoms with Crippen molar-refractivity contribution >= 4 is 22.2 Å². The van der Waals surface area contributed by atoms with Gasteiger partial charge in [0.05, 0.1) is 19.8 Å². The van der Waals surface area contributed by atoms with Gasteiger partial charge >= 0.3 is 0 Å². The summed E-state index contributed by atoms with van der Waals surface area (Å²) in [5, 5.41) is 11.4. The van der Waals surface area contributed by atoms with Crippen LogP contribution < -0.4 is 0 Å². The first kappa shape index (κ1) is 23.9. The molecule has 0 heterocycles. The van der Waals surface area contributed by atoms with Gasteiger partial charge < -0.3 is 9.53 Å². The van der Waals surface area contributed by atoms with Crippen molar-refractivity contribution in [3.8, 4) is 0 Å². The summed E-state index contributed by atoms with van der Waals surface area (Å²) in [7, 11) is -3.89. The van der Waals surface area contributed by atoms with Gasteiger partial charge in [0.25, 0.3) is 0 Å². The molecular formula is C23H44O3Si2. The number of rotatable bonds is 3. The van der Waals surface area contributed by atoms with Gasteiger partial charge in [-0.1, -0.05) is 67.5 Å². The summed E-state index contributed by atoms with van der Waals surface area (Å²) in [6.07, 6.45) is 5.39. The van der Waals surface area contributed by atoms with Crippen molar-refractivity contribution in [2.24, 2.45) is 11.8 Å². The van der Waals surface area contributed by atoms with Gasteiger partial charge in [0.15, 0.2) is 5.78 Å². The molecule has 2 aliphatic carbocycles. The van der Waals surface area contributed by atoms with E-state index in [1.807, 2.05) is 0 Å². The molecule has 162 valence electrons. The Morgan fingerprint density at radius 1 is 0.964 bits per heavy atom. The third kappa shape index (κ3) is 4.36. The molecule has 0 aromatic heterocycles. The van der Waals surface area contributed by atoms with Gasteiger partial charge in [-0.2, -0.15) is 0 Å². The minimum absolute atomic E-state index is 0.0101. The van der Waals surface area contributed by atoms with E-state index < -0.39 is 22.5 Å². The maximum Gasteiger partial charge on any atom is 0.250 e. The quantitative estimate of drug-likeness (QED) is 0.524. The number of fused-ring (bicyclic) bond motifs is 3. The minimum atomic E-state index is -2.06. The monoisotopic (exact) mass is 424 g/mol. The average Bonchev–Trinajstić information content (AvgIpc) is 2.57. The van der Waals surface area contributed by atoms with Crippen LogP contribution in [0.15, 0.2) is 11.8 Å². The Kier molecular flexibility index (Phi) is 6.56. The number of carbonyl (C=O) groups is 1. The summed E-state index contributed by atoms with van der Waals surface area (Å²) in [5.74, 6) is 0.684. The van der Waals surface area contributed by atoms with Crippen molar-refractivity contribution in [3.05, 3.63) is 11.8 Å². The lowest BCUT2D eigenvalue weighted by atomic mass is 9.83. The molecule has 1 unspecified atom stereocenters. The third-order valence-electron chi connectivity index (χ3n) is 8.41. The summed E-state index contributed by atoms with van der Waals surface area (Å²) in [5.41, 5.74) is 0.259. The second-order valence-corrected chi connectivity index (χ2v) is 22.6. The summed E-state index contributed by atoms with van der Waals surface area (Å²) in [6.45, 7) is 23.1. The van der Waals surface area contributed by atoms with Crippen molar-refractivity contribution in [2.45, 2.75) is 115 Å². The molecule has 2 rings (SSSR count). The molecule has 1 saturated carbocycles. The molecule has 2 aliphatic rings. The molecule has 0 aromatic carbocycles. The highest BCUT2D eigenvalue weighted by atomic mass is 28.4. The number of aliphatic hydroxyl groups excluding tert-OH is 1. The molecule has 0 spiro atoms. The first-order valence-electron chi connectivity index (χ1n) is 11.1. The molecule has 0 saturated heterocycles. The Bertz CT molecular complexity index is 623. The van der Waals surface area contributed by atoms with E-state index in [1.165, 1.54) is 0 Å². The Balaban J connectivity index is 2.62. The Hall–Kier alpha value is -0.396. The van der Waals surface area contributed by atoms with Crippen LogP contribution in [0.5, 0.6) is 0 Å². The van der Waals surface area contributed by atoms with Gasteiger partial charge in [-0.3, -0.25) is 4.79 Å². The zero-order valence-electron chi connectivity index (χ0n) is 20.0. The molecule has 0 amide bonds. The van der Waals surface area contributed by atoms with Crippen molar-refractivity contribution in [1.82, 2.24) is 0 Å². The van der Waals surface area contributed by atoms with Gasteiger partial charge in [0, 0.05) is 0 Å². The van der Waals surface area contributed by atoms with Crippen LogP contribution in [0.1, 0.15) is 67.2 Å². The van der Waals surface area contributed by atoms with Crippen LogP contribution in [-0.2, 0) is 9.22 Å². The van der Waals surface area contributed by atoms with Crippen molar-refractivity contribution < 1.29 is 14.3 Å². The average molecular weight is 425 g/mol. The molecule has 1 fully saturated rings. The number of hydrogen-bond donors (Lipinski definition) is 1. The largest absolute Gasteiger partial charge is 0.546 e. The van der Waals surface area contributed by atoms with Crippen LogP contribution >= 0.6 is 0 Å². The normalized spacial score (nSPS) is 30.4. The fourth-order valence-corrected chi connectivity index (χ4v) is 8.42. The number of aliphatic hydroxyl groups is 1. The molecule has 0 aromatic rings. The number of ketones is 1. The molecule has 0 radical (unpaired) electrons. The summed E-state index contributed by atoms with van der Waals surface area (Å²) in [4.78, 5) is 13.3. The van der Waals surface area contributed by atoms with Gasteiger partial charge in [-0.25, -0.2) is 0 Å². The zero-order chi connectivity index (χ0) is 21.7. The highest BCUT2D eigenvalue weighted by Crippen LogP contribution is 2.53. The second-order valence-electron chi connectivity index (χ2n) is 12.3. The van der Waals surface area contributed by atoms with Gasteiger partial charge in [-0.15, -0.1) is 0 Å². The van der Waals surface area contributed by atoms with Gasteiger partial charge in [-0.05, 0) is 53.5 Å². The van der Waals surface area contributed by atoms with Crippen LogP contribution in [0.3, 0.4) is 0 Å². The highest BCUT2D eigenvalue weighted by Gasteiger charge is 2.52. The predicted molar refractivity (Wildman–Crippen MR) is 124 cm³/mol. The zero-order valence-corrected chi connectivity index (χ0v) is 22.0.